The lowest BCUT2D eigenvalue weighted by Crippen LogP contribution is -2.62. The molecule has 0 aliphatic carbocycles. The molecule has 0 heterocycles. The molecule has 0 aromatic carbocycles. The van der Waals surface area contributed by atoms with Crippen molar-refractivity contribution in [2.75, 3.05) is 14.1 Å². The summed E-state index contributed by atoms with van der Waals surface area (Å²) in [6.07, 6.45) is -6.13. The van der Waals surface area contributed by atoms with Crippen LogP contribution in [0.3, 0.4) is 0 Å². The first-order chi connectivity index (χ1) is 15.0. The van der Waals surface area contributed by atoms with E-state index in [-0.39, 0.29) is 0 Å². The van der Waals surface area contributed by atoms with Crippen LogP contribution >= 0.6 is 0 Å². The second-order valence-corrected chi connectivity index (χ2v) is 10.1. The number of carbonyl (C=O) groups is 5. The summed E-state index contributed by atoms with van der Waals surface area (Å²) in [4.78, 5) is 64.1. The molecule has 5 amide bonds. The predicted octanol–water partition coefficient (Wildman–Crippen LogP) is 2.46. The van der Waals surface area contributed by atoms with Crippen molar-refractivity contribution in [1.29, 1.82) is 0 Å². The SMILES string of the molecule is CC(NC(=O)C(C)N(C(=O)[C@@H](NC(=O)OC(C)(C)C)C(C)(C)C)C(=O)N(C)C)C(=O)C(F)(F)F. The van der Waals surface area contributed by atoms with E-state index in [4.69, 9.17) is 4.74 Å². The highest BCUT2D eigenvalue weighted by atomic mass is 19.4. The molecule has 0 bridgehead atoms. The lowest BCUT2D eigenvalue weighted by Gasteiger charge is -2.37. The number of rotatable bonds is 6. The molecule has 0 saturated heterocycles. The topological polar surface area (TPSA) is 125 Å². The molecule has 0 aliphatic rings. The van der Waals surface area contributed by atoms with E-state index in [0.717, 1.165) is 18.7 Å². The Hall–Kier alpha value is -2.86. The van der Waals surface area contributed by atoms with E-state index in [1.54, 1.807) is 41.5 Å². The van der Waals surface area contributed by atoms with Crippen LogP contribution in [0.2, 0.25) is 0 Å². The molecule has 196 valence electrons. The molecule has 0 radical (unpaired) electrons. The van der Waals surface area contributed by atoms with Crippen LogP contribution in [0, 0.1) is 5.41 Å². The summed E-state index contributed by atoms with van der Waals surface area (Å²) in [5, 5.41) is 4.28. The van der Waals surface area contributed by atoms with Crippen LogP contribution in [0.1, 0.15) is 55.4 Å². The van der Waals surface area contributed by atoms with Gasteiger partial charge in [0.2, 0.25) is 5.91 Å². The van der Waals surface area contributed by atoms with Gasteiger partial charge in [0.05, 0.1) is 6.04 Å². The maximum atomic E-state index is 13.4. The Bertz CT molecular complexity index is 800. The molecule has 0 fully saturated rings. The number of ether oxygens (including phenoxy) is 1. The van der Waals surface area contributed by atoms with Crippen LogP contribution in [0.5, 0.6) is 0 Å². The minimum Gasteiger partial charge on any atom is -0.444 e. The van der Waals surface area contributed by atoms with Gasteiger partial charge in [0, 0.05) is 14.1 Å². The van der Waals surface area contributed by atoms with Gasteiger partial charge in [-0.15, -0.1) is 0 Å². The van der Waals surface area contributed by atoms with Crippen LogP contribution < -0.4 is 10.6 Å². The Morgan fingerprint density at radius 3 is 1.68 bits per heavy atom. The molecule has 13 heteroatoms. The van der Waals surface area contributed by atoms with Gasteiger partial charge in [0.25, 0.3) is 11.7 Å². The van der Waals surface area contributed by atoms with Gasteiger partial charge in [-0.3, -0.25) is 19.3 Å². The highest BCUT2D eigenvalue weighted by Crippen LogP contribution is 2.24. The van der Waals surface area contributed by atoms with Crippen LogP contribution in [0.25, 0.3) is 0 Å². The van der Waals surface area contributed by atoms with Crippen molar-refractivity contribution in [2.24, 2.45) is 5.41 Å². The van der Waals surface area contributed by atoms with Crippen LogP contribution in [0.15, 0.2) is 0 Å². The Balaban J connectivity index is 6.08. The summed E-state index contributed by atoms with van der Waals surface area (Å²) in [6.45, 7) is 11.6. The van der Waals surface area contributed by atoms with Crippen molar-refractivity contribution in [2.45, 2.75) is 85.3 Å². The summed E-state index contributed by atoms with van der Waals surface area (Å²) in [5.41, 5.74) is -1.85. The number of amides is 5. The minimum atomic E-state index is -5.18. The number of alkyl halides is 3. The average Bonchev–Trinajstić information content (AvgIpc) is 2.61. The summed E-state index contributed by atoms with van der Waals surface area (Å²) in [6, 6.07) is -5.87. The van der Waals surface area contributed by atoms with E-state index in [1.165, 1.54) is 14.1 Å². The second-order valence-electron chi connectivity index (χ2n) is 10.1. The van der Waals surface area contributed by atoms with Gasteiger partial charge in [-0.1, -0.05) is 20.8 Å². The molecule has 3 atom stereocenters. The summed E-state index contributed by atoms with van der Waals surface area (Å²) >= 11 is 0. The smallest absolute Gasteiger partial charge is 0.444 e. The van der Waals surface area contributed by atoms with Crippen LogP contribution in [-0.2, 0) is 19.1 Å². The van der Waals surface area contributed by atoms with Gasteiger partial charge in [0.1, 0.15) is 17.7 Å². The van der Waals surface area contributed by atoms with E-state index in [2.05, 4.69) is 5.32 Å². The van der Waals surface area contributed by atoms with Crippen LogP contribution in [0.4, 0.5) is 22.8 Å². The number of halogens is 3. The summed E-state index contributed by atoms with van der Waals surface area (Å²) < 4.78 is 43.2. The fourth-order valence-corrected chi connectivity index (χ4v) is 2.64. The normalized spacial score (nSPS) is 14.9. The standard InChI is InChI=1S/C21H35F3N4O6/c1-11(14(29)21(22,23)24)25-15(30)12(2)28(18(33)27(9)10)16(31)13(19(3,4)5)26-17(32)34-20(6,7)8/h11-13H,1-10H3,(H,25,30)(H,26,32)/t11?,12?,13-/m1/s1. The molecule has 0 saturated carbocycles. The van der Waals surface area contributed by atoms with Crippen molar-refractivity contribution in [1.82, 2.24) is 20.4 Å². The first-order valence-corrected chi connectivity index (χ1v) is 10.5. The Kier molecular flexibility index (Phi) is 10.1. The Morgan fingerprint density at radius 2 is 1.32 bits per heavy atom. The number of nitrogens with one attached hydrogen (secondary N) is 2. The predicted molar refractivity (Wildman–Crippen MR) is 117 cm³/mol. The molecule has 0 rings (SSSR count). The number of alkyl carbamates (subject to hydrolysis) is 1. The molecule has 0 aromatic heterocycles. The number of hydrogen-bond donors (Lipinski definition) is 2. The van der Waals surface area contributed by atoms with Crippen molar-refractivity contribution in [3.63, 3.8) is 0 Å². The van der Waals surface area contributed by atoms with Crippen molar-refractivity contribution in [3.8, 4) is 0 Å². The minimum absolute atomic E-state index is 0.521. The summed E-state index contributed by atoms with van der Waals surface area (Å²) in [5.74, 6) is -4.35. The third kappa shape index (κ3) is 9.18. The van der Waals surface area contributed by atoms with E-state index >= 15 is 0 Å². The number of nitrogens with zero attached hydrogens (tertiary/aromatic N) is 2. The molecular weight excluding hydrogens is 461 g/mol. The van der Waals surface area contributed by atoms with Gasteiger partial charge >= 0.3 is 18.3 Å². The summed E-state index contributed by atoms with van der Waals surface area (Å²) in [7, 11) is 2.60. The molecule has 0 aromatic rings. The van der Waals surface area contributed by atoms with E-state index in [9.17, 15) is 37.1 Å². The van der Waals surface area contributed by atoms with Gasteiger partial charge in [-0.05, 0) is 40.0 Å². The van der Waals surface area contributed by atoms with Gasteiger partial charge < -0.3 is 20.3 Å². The van der Waals surface area contributed by atoms with E-state index < -0.39 is 65.0 Å². The van der Waals surface area contributed by atoms with E-state index in [1.807, 2.05) is 5.32 Å². The number of imide groups is 1. The highest BCUT2D eigenvalue weighted by molar-refractivity contribution is 6.03. The maximum absolute atomic E-state index is 13.4. The molecule has 2 unspecified atom stereocenters. The average molecular weight is 497 g/mol. The zero-order chi connectivity index (χ0) is 27.4. The zero-order valence-corrected chi connectivity index (χ0v) is 21.2. The maximum Gasteiger partial charge on any atom is 0.452 e. The second kappa shape index (κ2) is 11.0. The number of carbonyl (C=O) groups excluding carboxylic acids is 5. The molecular formula is C21H35F3N4O6. The van der Waals surface area contributed by atoms with Crippen molar-refractivity contribution >= 4 is 29.7 Å². The quantitative estimate of drug-likeness (QED) is 0.582. The third-order valence-electron chi connectivity index (χ3n) is 4.40. The molecule has 10 nitrogen and oxygen atoms in total. The van der Waals surface area contributed by atoms with Gasteiger partial charge in [-0.25, -0.2) is 9.59 Å². The third-order valence-corrected chi connectivity index (χ3v) is 4.40. The molecule has 2 N–H and O–H groups in total. The lowest BCUT2D eigenvalue weighted by molar-refractivity contribution is -0.173. The fraction of sp³-hybridized carbons (Fsp3) is 0.762. The largest absolute Gasteiger partial charge is 0.452 e. The first kappa shape index (κ1) is 31.1. The zero-order valence-electron chi connectivity index (χ0n) is 21.2. The fourth-order valence-electron chi connectivity index (χ4n) is 2.64. The monoisotopic (exact) mass is 496 g/mol. The molecule has 34 heavy (non-hydrogen) atoms. The van der Waals surface area contributed by atoms with Crippen molar-refractivity contribution in [3.05, 3.63) is 0 Å². The Morgan fingerprint density at radius 1 is 0.853 bits per heavy atom. The van der Waals surface area contributed by atoms with E-state index in [0.29, 0.717) is 4.90 Å². The first-order valence-electron chi connectivity index (χ1n) is 10.5. The van der Waals surface area contributed by atoms with Gasteiger partial charge in [0.15, 0.2) is 0 Å². The number of urea groups is 1. The van der Waals surface area contributed by atoms with Gasteiger partial charge in [-0.2, -0.15) is 13.2 Å². The number of hydrogen-bond acceptors (Lipinski definition) is 6. The molecule has 0 aliphatic heterocycles. The Labute approximate surface area is 197 Å². The van der Waals surface area contributed by atoms with Crippen LogP contribution in [-0.4, -0.2) is 83.5 Å². The number of ketones is 1. The number of Topliss-reactive ketones (excluding diaryl/α,β-unsaturated/α-hetero) is 1. The van der Waals surface area contributed by atoms with Crippen molar-refractivity contribution < 1.29 is 41.9 Å². The molecule has 0 spiro atoms. The highest BCUT2D eigenvalue weighted by Gasteiger charge is 2.45. The lowest BCUT2D eigenvalue weighted by atomic mass is 9.85.